The maximum Gasteiger partial charge on any atom is 0.337 e. The standard InChI is InChI=1S/C21H18O8/c1-25-15-8-10(3-4-14(15)22)7-12-17-21(29-19(12)24)6-5-11-13(18(23)26-2)9-27-20(28-17)16(11)21/h3-9,11,16-17,20,22H,1-2H3/t11-,16-,17+,20+,21+/m1/s1. The van der Waals surface area contributed by atoms with Crippen LogP contribution in [0.4, 0.5) is 0 Å². The minimum atomic E-state index is -1.03. The number of hydrogen-bond donors (Lipinski definition) is 1. The van der Waals surface area contributed by atoms with Crippen molar-refractivity contribution in [2.75, 3.05) is 14.2 Å². The largest absolute Gasteiger partial charge is 0.504 e. The SMILES string of the molecule is COC(=O)C1=CO[C@H]2O[C@H]3C(=Cc4ccc(O)c(OC)c4)C(=O)O[C@]34C=C[C@H]1[C@H]24. The van der Waals surface area contributed by atoms with E-state index in [0.717, 1.165) is 0 Å². The van der Waals surface area contributed by atoms with Crippen LogP contribution >= 0.6 is 0 Å². The Morgan fingerprint density at radius 1 is 1.31 bits per heavy atom. The van der Waals surface area contributed by atoms with Crippen LogP contribution in [0.3, 0.4) is 0 Å². The van der Waals surface area contributed by atoms with E-state index >= 15 is 0 Å². The lowest BCUT2D eigenvalue weighted by Crippen LogP contribution is -2.43. The molecule has 0 aromatic heterocycles. The summed E-state index contributed by atoms with van der Waals surface area (Å²) in [5.41, 5.74) is 0.311. The van der Waals surface area contributed by atoms with Crippen LogP contribution in [0.1, 0.15) is 5.56 Å². The van der Waals surface area contributed by atoms with Gasteiger partial charge in [0.25, 0.3) is 0 Å². The second kappa shape index (κ2) is 6.12. The third kappa shape index (κ3) is 2.35. The van der Waals surface area contributed by atoms with Crippen molar-refractivity contribution in [2.24, 2.45) is 11.8 Å². The molecule has 0 unspecified atom stereocenters. The topological polar surface area (TPSA) is 101 Å². The Hall–Kier alpha value is -3.26. The smallest absolute Gasteiger partial charge is 0.337 e. The summed E-state index contributed by atoms with van der Waals surface area (Å²) in [6.45, 7) is 0. The van der Waals surface area contributed by atoms with Gasteiger partial charge in [0.1, 0.15) is 6.10 Å². The maximum atomic E-state index is 12.7. The number of carbonyl (C=O) groups excluding carboxylic acids is 2. The lowest BCUT2D eigenvalue weighted by molar-refractivity contribution is -0.152. The van der Waals surface area contributed by atoms with E-state index in [1.54, 1.807) is 24.3 Å². The first kappa shape index (κ1) is 17.8. The van der Waals surface area contributed by atoms with E-state index in [4.69, 9.17) is 23.7 Å². The number of esters is 2. The Kier molecular flexibility index (Phi) is 3.76. The third-order valence-corrected chi connectivity index (χ3v) is 5.87. The zero-order valence-electron chi connectivity index (χ0n) is 15.7. The highest BCUT2D eigenvalue weighted by Crippen LogP contribution is 2.58. The van der Waals surface area contributed by atoms with Crippen molar-refractivity contribution in [1.82, 2.24) is 0 Å². The zero-order valence-corrected chi connectivity index (χ0v) is 15.7. The van der Waals surface area contributed by atoms with Gasteiger partial charge in [-0.25, -0.2) is 9.59 Å². The molecule has 1 N–H and O–H groups in total. The number of phenolic OH excluding ortho intramolecular Hbond substituents is 1. The van der Waals surface area contributed by atoms with E-state index in [-0.39, 0.29) is 23.3 Å². The first-order chi connectivity index (χ1) is 14.0. The molecule has 0 bridgehead atoms. The molecule has 3 heterocycles. The lowest BCUT2D eigenvalue weighted by atomic mass is 9.78. The Morgan fingerprint density at radius 3 is 2.90 bits per heavy atom. The normalized spacial score (nSPS) is 34.9. The minimum Gasteiger partial charge on any atom is -0.504 e. The van der Waals surface area contributed by atoms with Gasteiger partial charge in [0.05, 0.1) is 37.5 Å². The van der Waals surface area contributed by atoms with Crippen LogP contribution in [0.25, 0.3) is 6.08 Å². The van der Waals surface area contributed by atoms with Gasteiger partial charge < -0.3 is 28.8 Å². The summed E-state index contributed by atoms with van der Waals surface area (Å²) in [7, 11) is 2.75. The zero-order chi connectivity index (χ0) is 20.3. The van der Waals surface area contributed by atoms with E-state index < -0.39 is 29.9 Å². The minimum absolute atomic E-state index is 0.000336. The number of rotatable bonds is 3. The second-order valence-electron chi connectivity index (χ2n) is 7.27. The van der Waals surface area contributed by atoms with Gasteiger partial charge in [-0.05, 0) is 29.8 Å². The number of carbonyl (C=O) groups is 2. The Bertz CT molecular complexity index is 1010. The van der Waals surface area contributed by atoms with Gasteiger partial charge in [0.2, 0.25) is 6.29 Å². The summed E-state index contributed by atoms with van der Waals surface area (Å²) in [5.74, 6) is -1.41. The highest BCUT2D eigenvalue weighted by molar-refractivity contribution is 5.99. The molecule has 4 aliphatic rings. The van der Waals surface area contributed by atoms with Crippen molar-refractivity contribution >= 4 is 18.0 Å². The van der Waals surface area contributed by atoms with Crippen molar-refractivity contribution < 1.29 is 38.4 Å². The van der Waals surface area contributed by atoms with Crippen LogP contribution in [-0.4, -0.2) is 49.3 Å². The molecule has 1 aromatic carbocycles. The molecule has 2 fully saturated rings. The van der Waals surface area contributed by atoms with E-state index in [9.17, 15) is 14.7 Å². The summed E-state index contributed by atoms with van der Waals surface area (Å²) in [6.07, 6.45) is 5.30. The van der Waals surface area contributed by atoms with Gasteiger partial charge in [-0.15, -0.1) is 0 Å². The molecule has 2 saturated heterocycles. The Balaban J connectivity index is 1.52. The molecule has 1 aromatic rings. The summed E-state index contributed by atoms with van der Waals surface area (Å²) in [6, 6.07) is 4.76. The summed E-state index contributed by atoms with van der Waals surface area (Å²) in [5, 5.41) is 9.78. The number of benzene rings is 1. The van der Waals surface area contributed by atoms with Gasteiger partial charge in [-0.1, -0.05) is 12.1 Å². The van der Waals surface area contributed by atoms with Crippen LogP contribution < -0.4 is 4.74 Å². The number of ether oxygens (including phenoxy) is 5. The number of aromatic hydroxyl groups is 1. The van der Waals surface area contributed by atoms with Crippen molar-refractivity contribution in [3.63, 3.8) is 0 Å². The summed E-state index contributed by atoms with van der Waals surface area (Å²) in [4.78, 5) is 24.8. The van der Waals surface area contributed by atoms with Gasteiger partial charge >= 0.3 is 11.9 Å². The van der Waals surface area contributed by atoms with Crippen LogP contribution in [-0.2, 0) is 28.5 Å². The van der Waals surface area contributed by atoms with E-state index in [0.29, 0.717) is 16.7 Å². The average Bonchev–Trinajstić information content (AvgIpc) is 3.33. The van der Waals surface area contributed by atoms with Gasteiger partial charge in [-0.2, -0.15) is 0 Å². The van der Waals surface area contributed by atoms with E-state index in [1.165, 1.54) is 26.5 Å². The molecule has 0 amide bonds. The van der Waals surface area contributed by atoms with E-state index in [1.807, 2.05) is 6.08 Å². The molecule has 5 rings (SSSR count). The first-order valence-corrected chi connectivity index (χ1v) is 9.09. The number of methoxy groups -OCH3 is 2. The number of allylic oxidation sites excluding steroid dienone is 1. The highest BCUT2D eigenvalue weighted by atomic mass is 16.7. The molecule has 0 radical (unpaired) electrons. The van der Waals surface area contributed by atoms with Crippen LogP contribution in [0.2, 0.25) is 0 Å². The molecular weight excluding hydrogens is 380 g/mol. The van der Waals surface area contributed by atoms with Crippen molar-refractivity contribution in [2.45, 2.75) is 18.0 Å². The molecule has 8 nitrogen and oxygen atoms in total. The van der Waals surface area contributed by atoms with E-state index in [2.05, 4.69) is 0 Å². The van der Waals surface area contributed by atoms with Crippen molar-refractivity contribution in [3.8, 4) is 11.5 Å². The number of hydrogen-bond acceptors (Lipinski definition) is 8. The molecule has 1 aliphatic carbocycles. The molecule has 29 heavy (non-hydrogen) atoms. The first-order valence-electron chi connectivity index (χ1n) is 9.09. The second-order valence-corrected chi connectivity index (χ2v) is 7.27. The molecule has 0 saturated carbocycles. The monoisotopic (exact) mass is 398 g/mol. The predicted molar refractivity (Wildman–Crippen MR) is 97.4 cm³/mol. The van der Waals surface area contributed by atoms with Gasteiger partial charge in [0.15, 0.2) is 17.1 Å². The van der Waals surface area contributed by atoms with Crippen LogP contribution in [0, 0.1) is 11.8 Å². The average molecular weight is 398 g/mol. The summed E-state index contributed by atoms with van der Waals surface area (Å²) >= 11 is 0. The fourth-order valence-electron chi connectivity index (χ4n) is 4.57. The molecule has 3 aliphatic heterocycles. The lowest BCUT2D eigenvalue weighted by Gasteiger charge is -2.32. The van der Waals surface area contributed by atoms with Crippen LogP contribution in [0.5, 0.6) is 11.5 Å². The Labute approximate surface area is 165 Å². The quantitative estimate of drug-likeness (QED) is 0.467. The Morgan fingerprint density at radius 2 is 2.14 bits per heavy atom. The van der Waals surface area contributed by atoms with Crippen molar-refractivity contribution in [3.05, 3.63) is 53.3 Å². The number of phenols is 1. The molecule has 1 spiro atoms. The maximum absolute atomic E-state index is 12.7. The molecule has 150 valence electrons. The molecular formula is C21H18O8. The highest BCUT2D eigenvalue weighted by Gasteiger charge is 2.70. The fraction of sp³-hybridized carbons (Fsp3) is 0.333. The fourth-order valence-corrected chi connectivity index (χ4v) is 4.57. The predicted octanol–water partition coefficient (Wildman–Crippen LogP) is 1.69. The van der Waals surface area contributed by atoms with Crippen molar-refractivity contribution in [1.29, 1.82) is 0 Å². The van der Waals surface area contributed by atoms with Gasteiger partial charge in [-0.3, -0.25) is 0 Å². The summed E-state index contributed by atoms with van der Waals surface area (Å²) < 4.78 is 27.4. The third-order valence-electron chi connectivity index (χ3n) is 5.87. The molecule has 5 atom stereocenters. The molecule has 8 heteroatoms. The van der Waals surface area contributed by atoms with Crippen LogP contribution in [0.15, 0.2) is 47.8 Å². The van der Waals surface area contributed by atoms with Gasteiger partial charge in [0, 0.05) is 5.92 Å².